The lowest BCUT2D eigenvalue weighted by Gasteiger charge is -2.29. The molecule has 1 aliphatic heterocycles. The van der Waals surface area contributed by atoms with Crippen LogP contribution in [-0.2, 0) is 15.1 Å². The first-order valence-corrected chi connectivity index (χ1v) is 6.98. The zero-order valence-electron chi connectivity index (χ0n) is 12.0. The average Bonchev–Trinajstić information content (AvgIpc) is 2.48. The van der Waals surface area contributed by atoms with E-state index < -0.39 is 17.5 Å². The second-order valence-corrected chi connectivity index (χ2v) is 5.28. The molecule has 0 bridgehead atoms. The third-order valence-corrected chi connectivity index (χ3v) is 3.70. The number of carboxylic acid groups (broad SMARTS) is 1. The number of carbonyl (C=O) groups is 2. The molecule has 6 nitrogen and oxygen atoms in total. The summed E-state index contributed by atoms with van der Waals surface area (Å²) in [6.07, 6.45) is 1.48. The van der Waals surface area contributed by atoms with Crippen LogP contribution in [0.3, 0.4) is 0 Å². The molecule has 1 heterocycles. The van der Waals surface area contributed by atoms with E-state index in [0.29, 0.717) is 18.8 Å². The molecule has 1 unspecified atom stereocenters. The SMILES string of the molecule is CC(NC(=O)NC1CCOCC1)(C(=O)O)c1ccccc1. The molecular weight excluding hydrogens is 272 g/mol. The Morgan fingerprint density at radius 2 is 1.86 bits per heavy atom. The molecule has 0 radical (unpaired) electrons. The lowest BCUT2D eigenvalue weighted by Crippen LogP contribution is -2.55. The van der Waals surface area contributed by atoms with Gasteiger partial charge in [0, 0.05) is 19.3 Å². The van der Waals surface area contributed by atoms with E-state index >= 15 is 0 Å². The van der Waals surface area contributed by atoms with E-state index in [-0.39, 0.29) is 6.04 Å². The number of amides is 2. The van der Waals surface area contributed by atoms with Crippen molar-refractivity contribution in [2.24, 2.45) is 0 Å². The molecule has 2 amide bonds. The Labute approximate surface area is 123 Å². The Bertz CT molecular complexity index is 500. The maximum atomic E-state index is 12.1. The predicted molar refractivity (Wildman–Crippen MR) is 76.9 cm³/mol. The topological polar surface area (TPSA) is 87.7 Å². The highest BCUT2D eigenvalue weighted by atomic mass is 16.5. The number of benzene rings is 1. The molecule has 0 spiro atoms. The number of aliphatic carboxylic acids is 1. The van der Waals surface area contributed by atoms with E-state index in [2.05, 4.69) is 10.6 Å². The van der Waals surface area contributed by atoms with Gasteiger partial charge in [0.1, 0.15) is 0 Å². The van der Waals surface area contributed by atoms with Gasteiger partial charge in [-0.2, -0.15) is 0 Å². The van der Waals surface area contributed by atoms with Crippen LogP contribution in [0, 0.1) is 0 Å². The molecule has 0 saturated carbocycles. The molecule has 2 rings (SSSR count). The van der Waals surface area contributed by atoms with E-state index in [0.717, 1.165) is 12.8 Å². The van der Waals surface area contributed by atoms with Crippen molar-refractivity contribution in [1.29, 1.82) is 0 Å². The standard InChI is InChI=1S/C15H20N2O4/c1-15(13(18)19,11-5-3-2-4-6-11)17-14(20)16-12-7-9-21-10-8-12/h2-6,12H,7-10H2,1H3,(H,18,19)(H2,16,17,20). The van der Waals surface area contributed by atoms with Crippen LogP contribution < -0.4 is 10.6 Å². The zero-order chi connectivity index (χ0) is 15.3. The summed E-state index contributed by atoms with van der Waals surface area (Å²) >= 11 is 0. The van der Waals surface area contributed by atoms with Crippen molar-refractivity contribution in [3.8, 4) is 0 Å². The molecule has 21 heavy (non-hydrogen) atoms. The van der Waals surface area contributed by atoms with Gasteiger partial charge in [0.2, 0.25) is 0 Å². The quantitative estimate of drug-likeness (QED) is 0.784. The highest BCUT2D eigenvalue weighted by molar-refractivity contribution is 5.87. The van der Waals surface area contributed by atoms with Crippen molar-refractivity contribution >= 4 is 12.0 Å². The third kappa shape index (κ3) is 3.72. The molecule has 1 saturated heterocycles. The second kappa shape index (κ2) is 6.58. The normalized spacial score (nSPS) is 18.5. The average molecular weight is 292 g/mol. The van der Waals surface area contributed by atoms with Gasteiger partial charge < -0.3 is 20.5 Å². The monoisotopic (exact) mass is 292 g/mol. The molecule has 6 heteroatoms. The van der Waals surface area contributed by atoms with Gasteiger partial charge in [-0.05, 0) is 25.3 Å². The first-order chi connectivity index (χ1) is 10.0. The highest BCUT2D eigenvalue weighted by Gasteiger charge is 2.37. The highest BCUT2D eigenvalue weighted by Crippen LogP contribution is 2.21. The van der Waals surface area contributed by atoms with Gasteiger partial charge in [-0.15, -0.1) is 0 Å². The summed E-state index contributed by atoms with van der Waals surface area (Å²) in [5.74, 6) is -1.10. The van der Waals surface area contributed by atoms with Gasteiger partial charge in [0.15, 0.2) is 5.54 Å². The lowest BCUT2D eigenvalue weighted by molar-refractivity contribution is -0.144. The Hall–Kier alpha value is -2.08. The molecule has 114 valence electrons. The zero-order valence-corrected chi connectivity index (χ0v) is 12.0. The molecular formula is C15H20N2O4. The molecule has 1 aliphatic rings. The summed E-state index contributed by atoms with van der Waals surface area (Å²) in [6, 6.07) is 8.20. The van der Waals surface area contributed by atoms with Crippen LogP contribution in [0.1, 0.15) is 25.3 Å². The molecule has 1 aromatic carbocycles. The van der Waals surface area contributed by atoms with Crippen molar-refractivity contribution in [3.63, 3.8) is 0 Å². The van der Waals surface area contributed by atoms with Crippen molar-refractivity contribution in [2.45, 2.75) is 31.3 Å². The van der Waals surface area contributed by atoms with Gasteiger partial charge in [0.25, 0.3) is 0 Å². The summed E-state index contributed by atoms with van der Waals surface area (Å²) in [4.78, 5) is 23.7. The van der Waals surface area contributed by atoms with E-state index in [9.17, 15) is 14.7 Å². The van der Waals surface area contributed by atoms with Crippen molar-refractivity contribution in [2.75, 3.05) is 13.2 Å². The fourth-order valence-corrected chi connectivity index (χ4v) is 2.31. The number of hydrogen-bond acceptors (Lipinski definition) is 3. The summed E-state index contributed by atoms with van der Waals surface area (Å²) < 4.78 is 5.22. The maximum Gasteiger partial charge on any atom is 0.333 e. The fraction of sp³-hybridized carbons (Fsp3) is 0.467. The van der Waals surface area contributed by atoms with Crippen molar-refractivity contribution in [3.05, 3.63) is 35.9 Å². The third-order valence-electron chi connectivity index (χ3n) is 3.70. The summed E-state index contributed by atoms with van der Waals surface area (Å²) in [6.45, 7) is 2.70. The molecule has 0 aromatic heterocycles. The van der Waals surface area contributed by atoms with E-state index in [1.54, 1.807) is 30.3 Å². The van der Waals surface area contributed by atoms with Gasteiger partial charge in [-0.25, -0.2) is 9.59 Å². The fourth-order valence-electron chi connectivity index (χ4n) is 2.31. The van der Waals surface area contributed by atoms with E-state index in [1.165, 1.54) is 6.92 Å². The number of carbonyl (C=O) groups excluding carboxylic acids is 1. The first-order valence-electron chi connectivity index (χ1n) is 6.98. The Morgan fingerprint density at radius 1 is 1.24 bits per heavy atom. The number of hydrogen-bond donors (Lipinski definition) is 3. The van der Waals surface area contributed by atoms with Crippen LogP contribution in [0.5, 0.6) is 0 Å². The molecule has 0 aliphatic carbocycles. The number of carboxylic acids is 1. The minimum Gasteiger partial charge on any atom is -0.479 e. The smallest absolute Gasteiger partial charge is 0.333 e. The number of nitrogens with one attached hydrogen (secondary N) is 2. The largest absolute Gasteiger partial charge is 0.479 e. The summed E-state index contributed by atoms with van der Waals surface area (Å²) in [5.41, 5.74) is -0.934. The van der Waals surface area contributed by atoms with Crippen LogP contribution in [0.4, 0.5) is 4.79 Å². The number of urea groups is 1. The molecule has 1 aromatic rings. The molecule has 1 fully saturated rings. The van der Waals surface area contributed by atoms with Gasteiger partial charge in [-0.3, -0.25) is 0 Å². The van der Waals surface area contributed by atoms with Gasteiger partial charge >= 0.3 is 12.0 Å². The van der Waals surface area contributed by atoms with Crippen molar-refractivity contribution in [1.82, 2.24) is 10.6 Å². The summed E-state index contributed by atoms with van der Waals surface area (Å²) in [7, 11) is 0. The van der Waals surface area contributed by atoms with Crippen LogP contribution in [0.2, 0.25) is 0 Å². The van der Waals surface area contributed by atoms with Gasteiger partial charge in [0.05, 0.1) is 0 Å². The van der Waals surface area contributed by atoms with Crippen LogP contribution in [-0.4, -0.2) is 36.4 Å². The van der Waals surface area contributed by atoms with E-state index in [4.69, 9.17) is 4.74 Å². The predicted octanol–water partition coefficient (Wildman–Crippen LogP) is 1.46. The second-order valence-electron chi connectivity index (χ2n) is 5.28. The van der Waals surface area contributed by atoms with Crippen LogP contribution in [0.15, 0.2) is 30.3 Å². The van der Waals surface area contributed by atoms with E-state index in [1.807, 2.05) is 0 Å². The Balaban J connectivity index is 2.05. The minimum absolute atomic E-state index is 0.0209. The minimum atomic E-state index is -1.46. The first kappa shape index (κ1) is 15.3. The number of ether oxygens (including phenoxy) is 1. The molecule has 3 N–H and O–H groups in total. The van der Waals surface area contributed by atoms with Crippen LogP contribution in [0.25, 0.3) is 0 Å². The maximum absolute atomic E-state index is 12.1. The van der Waals surface area contributed by atoms with Crippen molar-refractivity contribution < 1.29 is 19.4 Å². The summed E-state index contributed by atoms with van der Waals surface area (Å²) in [5, 5.41) is 14.9. The van der Waals surface area contributed by atoms with Crippen LogP contribution >= 0.6 is 0 Å². The lowest BCUT2D eigenvalue weighted by atomic mass is 9.92. The Kier molecular flexibility index (Phi) is 4.80. The molecule has 1 atom stereocenters. The number of rotatable bonds is 4. The van der Waals surface area contributed by atoms with Gasteiger partial charge in [-0.1, -0.05) is 30.3 Å². The Morgan fingerprint density at radius 3 is 2.43 bits per heavy atom.